The molecule has 3 rings (SSSR count). The second kappa shape index (κ2) is 4.50. The van der Waals surface area contributed by atoms with Gasteiger partial charge in [0.25, 0.3) is 0 Å². The van der Waals surface area contributed by atoms with Gasteiger partial charge in [-0.3, -0.25) is 0 Å². The van der Waals surface area contributed by atoms with E-state index >= 15 is 0 Å². The molecule has 2 bridgehead atoms. The predicted molar refractivity (Wildman–Crippen MR) is 75.7 cm³/mol. The molecule has 2 fully saturated rings. The van der Waals surface area contributed by atoms with Gasteiger partial charge in [-0.2, -0.15) is 0 Å². The lowest BCUT2D eigenvalue weighted by molar-refractivity contribution is -0.256. The number of ether oxygens (including phenoxy) is 1. The zero-order chi connectivity index (χ0) is 13.6. The van der Waals surface area contributed by atoms with Crippen LogP contribution in [0.5, 0.6) is 0 Å². The Labute approximate surface area is 115 Å². The Bertz CT molecular complexity index is 447. The number of hydrogen-bond acceptors (Lipinski definition) is 3. The van der Waals surface area contributed by atoms with E-state index in [9.17, 15) is 5.11 Å². The number of para-hydroxylation sites is 1. The van der Waals surface area contributed by atoms with Gasteiger partial charge in [-0.1, -0.05) is 39.0 Å². The van der Waals surface area contributed by atoms with E-state index < -0.39 is 5.79 Å². The van der Waals surface area contributed by atoms with Crippen molar-refractivity contribution < 1.29 is 9.84 Å². The van der Waals surface area contributed by atoms with E-state index in [0.717, 1.165) is 12.1 Å². The Morgan fingerprint density at radius 1 is 1.32 bits per heavy atom. The highest BCUT2D eigenvalue weighted by atomic mass is 16.7. The standard InChI is InChI=1S/C16H23NO2/c1-11(2)14-9-15-17(13-7-5-4-6-8-13)10-16(18,19-15)12(14)3/h4-8,11-12,14-15,18H,9-10H2,1-3H3/t12-,14+,15+,16+/m1/s1. The maximum absolute atomic E-state index is 10.8. The molecule has 1 aromatic carbocycles. The summed E-state index contributed by atoms with van der Waals surface area (Å²) in [6, 6.07) is 10.3. The van der Waals surface area contributed by atoms with Gasteiger partial charge < -0.3 is 14.7 Å². The molecule has 0 spiro atoms. The molecule has 0 amide bonds. The minimum atomic E-state index is -0.992. The first-order valence-electron chi connectivity index (χ1n) is 7.23. The SMILES string of the molecule is CC(C)[C@@H]1C[C@@H]2O[C@@](O)(CN2c2ccccc2)[C@@H]1C. The van der Waals surface area contributed by atoms with E-state index in [-0.39, 0.29) is 12.1 Å². The van der Waals surface area contributed by atoms with E-state index in [4.69, 9.17) is 4.74 Å². The molecule has 4 atom stereocenters. The molecule has 1 N–H and O–H groups in total. The van der Waals surface area contributed by atoms with Crippen LogP contribution >= 0.6 is 0 Å². The quantitative estimate of drug-likeness (QED) is 0.888. The minimum absolute atomic E-state index is 0.0102. The van der Waals surface area contributed by atoms with Gasteiger partial charge in [-0.25, -0.2) is 0 Å². The topological polar surface area (TPSA) is 32.7 Å². The fraction of sp³-hybridized carbons (Fsp3) is 0.625. The molecule has 104 valence electrons. The van der Waals surface area contributed by atoms with Crippen molar-refractivity contribution in [1.82, 2.24) is 0 Å². The molecule has 0 aliphatic carbocycles. The molecule has 2 saturated heterocycles. The number of fused-ring (bicyclic) bond motifs is 2. The van der Waals surface area contributed by atoms with E-state index in [2.05, 4.69) is 37.8 Å². The average molecular weight is 261 g/mol. The Hall–Kier alpha value is -1.06. The van der Waals surface area contributed by atoms with E-state index in [1.807, 2.05) is 18.2 Å². The van der Waals surface area contributed by atoms with Gasteiger partial charge in [0.1, 0.15) is 6.23 Å². The van der Waals surface area contributed by atoms with Crippen molar-refractivity contribution in [2.45, 2.75) is 39.2 Å². The molecule has 0 radical (unpaired) electrons. The van der Waals surface area contributed by atoms with Crippen LogP contribution in [0.15, 0.2) is 30.3 Å². The molecule has 1 aromatic rings. The van der Waals surface area contributed by atoms with Gasteiger partial charge in [-0.05, 0) is 30.4 Å². The van der Waals surface area contributed by atoms with Gasteiger partial charge in [0.05, 0.1) is 6.54 Å². The summed E-state index contributed by atoms with van der Waals surface area (Å²) in [6.07, 6.45) is 1.01. The van der Waals surface area contributed by atoms with Crippen LogP contribution in [-0.4, -0.2) is 23.7 Å². The third kappa shape index (κ3) is 2.05. The van der Waals surface area contributed by atoms with Crippen LogP contribution in [0.2, 0.25) is 0 Å². The molecular formula is C16H23NO2. The second-order valence-corrected chi connectivity index (χ2v) is 6.31. The van der Waals surface area contributed by atoms with Crippen molar-refractivity contribution in [3.05, 3.63) is 30.3 Å². The van der Waals surface area contributed by atoms with Gasteiger partial charge in [0, 0.05) is 11.6 Å². The summed E-state index contributed by atoms with van der Waals surface area (Å²) in [7, 11) is 0. The summed E-state index contributed by atoms with van der Waals surface area (Å²) in [6.45, 7) is 7.17. The molecule has 0 aromatic heterocycles. The van der Waals surface area contributed by atoms with Crippen LogP contribution in [-0.2, 0) is 4.74 Å². The first-order chi connectivity index (χ1) is 9.01. The fourth-order valence-corrected chi connectivity index (χ4v) is 3.61. The lowest BCUT2D eigenvalue weighted by atomic mass is 9.76. The van der Waals surface area contributed by atoms with Gasteiger partial charge in [-0.15, -0.1) is 0 Å². The third-order valence-corrected chi connectivity index (χ3v) is 4.86. The van der Waals surface area contributed by atoms with Crippen molar-refractivity contribution in [3.8, 4) is 0 Å². The van der Waals surface area contributed by atoms with Crippen LogP contribution in [0.4, 0.5) is 5.69 Å². The maximum atomic E-state index is 10.8. The van der Waals surface area contributed by atoms with Crippen LogP contribution in [0, 0.1) is 17.8 Å². The number of aliphatic hydroxyl groups is 1. The van der Waals surface area contributed by atoms with Gasteiger partial charge in [0.15, 0.2) is 5.79 Å². The molecule has 19 heavy (non-hydrogen) atoms. The zero-order valence-corrected chi connectivity index (χ0v) is 11.9. The van der Waals surface area contributed by atoms with Crippen LogP contribution in [0.3, 0.4) is 0 Å². The van der Waals surface area contributed by atoms with Crippen molar-refractivity contribution >= 4 is 5.69 Å². The second-order valence-electron chi connectivity index (χ2n) is 6.31. The lowest BCUT2D eigenvalue weighted by Gasteiger charge is -2.41. The Morgan fingerprint density at radius 3 is 2.63 bits per heavy atom. The van der Waals surface area contributed by atoms with E-state index in [0.29, 0.717) is 18.4 Å². The maximum Gasteiger partial charge on any atom is 0.188 e. The first-order valence-corrected chi connectivity index (χ1v) is 7.23. The van der Waals surface area contributed by atoms with Crippen molar-refractivity contribution in [3.63, 3.8) is 0 Å². The molecule has 3 nitrogen and oxygen atoms in total. The van der Waals surface area contributed by atoms with Crippen molar-refractivity contribution in [1.29, 1.82) is 0 Å². The van der Waals surface area contributed by atoms with Crippen LogP contribution in [0.1, 0.15) is 27.2 Å². The van der Waals surface area contributed by atoms with E-state index in [1.165, 1.54) is 0 Å². The highest BCUT2D eigenvalue weighted by Gasteiger charge is 2.55. The summed E-state index contributed by atoms with van der Waals surface area (Å²) in [5.74, 6) is 0.270. The van der Waals surface area contributed by atoms with E-state index in [1.54, 1.807) is 0 Å². The minimum Gasteiger partial charge on any atom is -0.364 e. The molecule has 2 aliphatic rings. The summed E-state index contributed by atoms with van der Waals surface area (Å²) < 4.78 is 5.93. The van der Waals surface area contributed by atoms with Gasteiger partial charge >= 0.3 is 0 Å². The average Bonchev–Trinajstić information content (AvgIpc) is 2.69. The number of hydrogen-bond donors (Lipinski definition) is 1. The van der Waals surface area contributed by atoms with Crippen molar-refractivity contribution in [2.75, 3.05) is 11.4 Å². The molecule has 2 heterocycles. The van der Waals surface area contributed by atoms with Gasteiger partial charge in [0.2, 0.25) is 0 Å². The highest BCUT2D eigenvalue weighted by Crippen LogP contribution is 2.47. The molecule has 2 aliphatic heterocycles. The molecular weight excluding hydrogens is 238 g/mol. The smallest absolute Gasteiger partial charge is 0.188 e. The summed E-state index contributed by atoms with van der Waals surface area (Å²) in [5.41, 5.74) is 1.14. The Morgan fingerprint density at radius 2 is 2.00 bits per heavy atom. The Kier molecular flexibility index (Phi) is 3.06. The number of β-amino-alcohol motifs (C(OH)–C–C–N with tert-alkyl or cyclic N) is 1. The number of benzene rings is 1. The highest BCUT2D eigenvalue weighted by molar-refractivity contribution is 5.48. The monoisotopic (exact) mass is 261 g/mol. The largest absolute Gasteiger partial charge is 0.364 e. The molecule has 0 saturated carbocycles. The fourth-order valence-electron chi connectivity index (χ4n) is 3.61. The zero-order valence-electron chi connectivity index (χ0n) is 11.9. The number of rotatable bonds is 2. The van der Waals surface area contributed by atoms with Crippen LogP contribution in [0.25, 0.3) is 0 Å². The molecule has 3 heteroatoms. The normalized spacial score (nSPS) is 37.9. The summed E-state index contributed by atoms with van der Waals surface area (Å²) >= 11 is 0. The lowest BCUT2D eigenvalue weighted by Crippen LogP contribution is -2.48. The third-order valence-electron chi connectivity index (χ3n) is 4.86. The first kappa shape index (κ1) is 12.9. The summed E-state index contributed by atoms with van der Waals surface area (Å²) in [5, 5.41) is 10.8. The predicted octanol–water partition coefficient (Wildman–Crippen LogP) is 2.85. The van der Waals surface area contributed by atoms with Crippen molar-refractivity contribution in [2.24, 2.45) is 17.8 Å². The molecule has 0 unspecified atom stereocenters. The van der Waals surface area contributed by atoms with Crippen LogP contribution < -0.4 is 4.90 Å². The summed E-state index contributed by atoms with van der Waals surface area (Å²) in [4.78, 5) is 2.21. The Balaban J connectivity index is 1.90. The number of anilines is 1. The number of nitrogens with zero attached hydrogens (tertiary/aromatic N) is 1.